The zero-order valence-corrected chi connectivity index (χ0v) is 33.5. The molecule has 0 rings (SSSR count). The minimum Gasteiger partial charge on any atom is -0.462 e. The summed E-state index contributed by atoms with van der Waals surface area (Å²) in [6.07, 6.45) is 36.4. The van der Waals surface area contributed by atoms with Crippen LogP contribution in [0.15, 0.2) is 0 Å². The summed E-state index contributed by atoms with van der Waals surface area (Å²) in [4.78, 5) is 27.0. The van der Waals surface area contributed by atoms with Crippen LogP contribution in [0, 0.1) is 0 Å². The Hall–Kier alpha value is -1.30. The summed E-state index contributed by atoms with van der Waals surface area (Å²) in [5.41, 5.74) is 0. The van der Waals surface area contributed by atoms with Crippen LogP contribution in [0.4, 0.5) is 4.79 Å². The third-order valence-corrected chi connectivity index (χ3v) is 9.92. The first kappa shape index (κ1) is 47.7. The second-order valence-electron chi connectivity index (χ2n) is 14.7. The maximum absolute atomic E-state index is 12.7. The lowest BCUT2D eigenvalue weighted by Gasteiger charge is -2.20. The van der Waals surface area contributed by atoms with Gasteiger partial charge in [0.05, 0.1) is 13.2 Å². The van der Waals surface area contributed by atoms with Gasteiger partial charge in [-0.1, -0.05) is 163 Å². The number of hydrogen-bond donors (Lipinski definition) is 0. The van der Waals surface area contributed by atoms with Crippen LogP contribution in [0.3, 0.4) is 0 Å². The van der Waals surface area contributed by atoms with Gasteiger partial charge in [0.25, 0.3) is 0 Å². The van der Waals surface area contributed by atoms with Gasteiger partial charge in [0, 0.05) is 6.42 Å². The molecular formula is C43H85NO5. The van der Waals surface area contributed by atoms with Crippen molar-refractivity contribution in [1.29, 1.82) is 0 Å². The first-order valence-electron chi connectivity index (χ1n) is 21.8. The van der Waals surface area contributed by atoms with E-state index in [-0.39, 0.29) is 12.1 Å². The third-order valence-electron chi connectivity index (χ3n) is 9.92. The average Bonchev–Trinajstić information content (AvgIpc) is 3.10. The number of rotatable bonds is 39. The van der Waals surface area contributed by atoms with Crippen molar-refractivity contribution in [1.82, 2.24) is 4.90 Å². The normalized spacial score (nSPS) is 11.5. The fraction of sp³-hybridized carbons (Fsp3) is 0.953. The van der Waals surface area contributed by atoms with E-state index in [2.05, 4.69) is 32.6 Å². The fourth-order valence-electron chi connectivity index (χ4n) is 6.58. The molecule has 0 aromatic rings. The van der Waals surface area contributed by atoms with Gasteiger partial charge in [0.2, 0.25) is 0 Å². The minimum atomic E-state index is -0.505. The maximum atomic E-state index is 12.7. The van der Waals surface area contributed by atoms with Gasteiger partial charge in [-0.15, -0.1) is 0 Å². The Morgan fingerprint density at radius 3 is 1.24 bits per heavy atom. The molecule has 6 heteroatoms. The molecule has 0 aliphatic heterocycles. The van der Waals surface area contributed by atoms with Gasteiger partial charge in [-0.2, -0.15) is 0 Å². The lowest BCUT2D eigenvalue weighted by molar-refractivity contribution is -0.150. The van der Waals surface area contributed by atoms with Crippen LogP contribution in [0.1, 0.15) is 227 Å². The summed E-state index contributed by atoms with van der Waals surface area (Å²) in [5.74, 6) is 0.0319. The highest BCUT2D eigenvalue weighted by Gasteiger charge is 2.14. The number of hydrogen-bond acceptors (Lipinski definition) is 6. The molecule has 0 aromatic carbocycles. The Morgan fingerprint density at radius 2 is 0.816 bits per heavy atom. The van der Waals surface area contributed by atoms with Crippen molar-refractivity contribution in [2.75, 3.05) is 32.8 Å². The van der Waals surface area contributed by atoms with Crippen LogP contribution in [0.2, 0.25) is 0 Å². The van der Waals surface area contributed by atoms with Gasteiger partial charge in [-0.25, -0.2) is 4.79 Å². The van der Waals surface area contributed by atoms with Crippen molar-refractivity contribution < 1.29 is 23.8 Å². The largest absolute Gasteiger partial charge is 0.508 e. The summed E-state index contributed by atoms with van der Waals surface area (Å²) in [7, 11) is 0. The predicted octanol–water partition coefficient (Wildman–Crippen LogP) is 13.5. The SMILES string of the molecule is CCCCCCCCCOC(=O)OCCCCCCN(CC)CCCCCCCC(=O)OC(CCCCCCCC)CCCCCCCC. The molecule has 0 fully saturated rings. The molecule has 0 heterocycles. The van der Waals surface area contributed by atoms with E-state index < -0.39 is 6.16 Å². The Balaban J connectivity index is 3.85. The molecule has 0 aliphatic rings. The highest BCUT2D eigenvalue weighted by Crippen LogP contribution is 2.18. The van der Waals surface area contributed by atoms with Gasteiger partial charge in [-0.3, -0.25) is 4.79 Å². The van der Waals surface area contributed by atoms with E-state index in [0.29, 0.717) is 19.6 Å². The van der Waals surface area contributed by atoms with Crippen LogP contribution >= 0.6 is 0 Å². The molecule has 0 radical (unpaired) electrons. The third kappa shape index (κ3) is 36.3. The molecule has 0 atom stereocenters. The summed E-state index contributed by atoms with van der Waals surface area (Å²) >= 11 is 0. The number of carbonyl (C=O) groups excluding carboxylic acids is 2. The lowest BCUT2D eigenvalue weighted by Crippen LogP contribution is -2.25. The standard InChI is InChI=1S/C43H85NO5/c1-5-9-12-15-18-25-32-39-47-43(46)48-40-33-26-24-31-38-44(8-4)37-30-23-19-22-29-36-42(45)49-41(34-27-20-16-13-10-6-2)35-28-21-17-14-11-7-3/h41H,5-40H2,1-4H3. The molecule has 0 amide bonds. The number of esters is 1. The molecule has 292 valence electrons. The summed E-state index contributed by atoms with van der Waals surface area (Å²) in [6.45, 7) is 13.4. The Labute approximate surface area is 305 Å². The first-order valence-corrected chi connectivity index (χ1v) is 21.8. The van der Waals surface area contributed by atoms with Gasteiger partial charge in [0.15, 0.2) is 0 Å². The van der Waals surface area contributed by atoms with Crippen molar-refractivity contribution in [3.8, 4) is 0 Å². The first-order chi connectivity index (χ1) is 24.1. The monoisotopic (exact) mass is 696 g/mol. The van der Waals surface area contributed by atoms with Gasteiger partial charge in [-0.05, 0) is 77.4 Å². The highest BCUT2D eigenvalue weighted by molar-refractivity contribution is 5.69. The van der Waals surface area contributed by atoms with Crippen LogP contribution in [-0.4, -0.2) is 56.0 Å². The zero-order valence-electron chi connectivity index (χ0n) is 33.5. The smallest absolute Gasteiger partial charge is 0.462 e. The van der Waals surface area contributed by atoms with Crippen LogP contribution < -0.4 is 0 Å². The molecule has 0 saturated heterocycles. The van der Waals surface area contributed by atoms with Crippen LogP contribution in [0.5, 0.6) is 0 Å². The van der Waals surface area contributed by atoms with E-state index in [0.717, 1.165) is 71.0 Å². The fourth-order valence-corrected chi connectivity index (χ4v) is 6.58. The second-order valence-corrected chi connectivity index (χ2v) is 14.7. The summed E-state index contributed by atoms with van der Waals surface area (Å²) in [6, 6.07) is 0. The minimum absolute atomic E-state index is 0.0319. The molecule has 0 spiro atoms. The average molecular weight is 696 g/mol. The van der Waals surface area contributed by atoms with Crippen LogP contribution in [0.25, 0.3) is 0 Å². The number of unbranched alkanes of at least 4 members (excludes halogenated alkanes) is 23. The van der Waals surface area contributed by atoms with Gasteiger partial charge < -0.3 is 19.1 Å². The molecule has 0 aromatic heterocycles. The van der Waals surface area contributed by atoms with E-state index in [1.165, 1.54) is 141 Å². The van der Waals surface area contributed by atoms with E-state index in [4.69, 9.17) is 14.2 Å². The van der Waals surface area contributed by atoms with Crippen molar-refractivity contribution in [3.05, 3.63) is 0 Å². The molecule has 0 saturated carbocycles. The number of ether oxygens (including phenoxy) is 3. The molecule has 0 unspecified atom stereocenters. The van der Waals surface area contributed by atoms with E-state index in [9.17, 15) is 9.59 Å². The molecule has 6 nitrogen and oxygen atoms in total. The highest BCUT2D eigenvalue weighted by atomic mass is 16.7. The van der Waals surface area contributed by atoms with Gasteiger partial charge in [0.1, 0.15) is 6.10 Å². The molecule has 0 aliphatic carbocycles. The maximum Gasteiger partial charge on any atom is 0.508 e. The van der Waals surface area contributed by atoms with Crippen molar-refractivity contribution in [3.63, 3.8) is 0 Å². The van der Waals surface area contributed by atoms with E-state index in [1.807, 2.05) is 0 Å². The van der Waals surface area contributed by atoms with Crippen LogP contribution in [-0.2, 0) is 19.0 Å². The predicted molar refractivity (Wildman–Crippen MR) is 209 cm³/mol. The lowest BCUT2D eigenvalue weighted by atomic mass is 10.0. The molecule has 49 heavy (non-hydrogen) atoms. The summed E-state index contributed by atoms with van der Waals surface area (Å²) in [5, 5.41) is 0. The zero-order chi connectivity index (χ0) is 35.9. The summed E-state index contributed by atoms with van der Waals surface area (Å²) < 4.78 is 16.4. The number of carbonyl (C=O) groups is 2. The molecule has 0 N–H and O–H groups in total. The molecular weight excluding hydrogens is 610 g/mol. The number of nitrogens with zero attached hydrogens (tertiary/aromatic N) is 1. The van der Waals surface area contributed by atoms with Crippen molar-refractivity contribution >= 4 is 12.1 Å². The van der Waals surface area contributed by atoms with Crippen molar-refractivity contribution in [2.24, 2.45) is 0 Å². The Kier molecular flexibility index (Phi) is 38.4. The Morgan fingerprint density at radius 1 is 0.449 bits per heavy atom. The molecule has 0 bridgehead atoms. The van der Waals surface area contributed by atoms with E-state index in [1.54, 1.807) is 0 Å². The van der Waals surface area contributed by atoms with E-state index >= 15 is 0 Å². The Bertz CT molecular complexity index is 671. The quantitative estimate of drug-likeness (QED) is 0.0471. The van der Waals surface area contributed by atoms with Gasteiger partial charge >= 0.3 is 12.1 Å². The van der Waals surface area contributed by atoms with Crippen molar-refractivity contribution in [2.45, 2.75) is 233 Å². The topological polar surface area (TPSA) is 65.1 Å². The second kappa shape index (κ2) is 39.5.